The Balaban J connectivity index is 1.80. The topological polar surface area (TPSA) is 69.7 Å². The molecule has 3 heterocycles. The highest BCUT2D eigenvalue weighted by Crippen LogP contribution is 2.62. The van der Waals surface area contributed by atoms with E-state index in [0.717, 1.165) is 17.7 Å². The molecule has 3 amide bonds. The van der Waals surface area contributed by atoms with Crippen molar-refractivity contribution in [3.8, 4) is 0 Å². The molecule has 5 rings (SSSR count). The van der Waals surface area contributed by atoms with Crippen LogP contribution in [0.5, 0.6) is 0 Å². The fourth-order valence-electron chi connectivity index (χ4n) is 5.59. The monoisotopic (exact) mass is 401 g/mol. The lowest BCUT2D eigenvalue weighted by molar-refractivity contribution is -0.120. The number of anilines is 2. The van der Waals surface area contributed by atoms with Crippen LogP contribution >= 0.6 is 0 Å². The first kappa shape index (κ1) is 18.6. The minimum absolute atomic E-state index is 0.231. The molecule has 0 spiro atoms. The predicted molar refractivity (Wildman–Crippen MR) is 114 cm³/mol. The van der Waals surface area contributed by atoms with Gasteiger partial charge in [-0.25, -0.2) is 0 Å². The first-order chi connectivity index (χ1) is 14.4. The number of nitrogens with zero attached hydrogens (tertiary/aromatic N) is 2. The molecule has 2 aromatic carbocycles. The van der Waals surface area contributed by atoms with Gasteiger partial charge in [0.25, 0.3) is 5.91 Å². The van der Waals surface area contributed by atoms with E-state index >= 15 is 0 Å². The highest BCUT2D eigenvalue weighted by molar-refractivity contribution is 6.11. The van der Waals surface area contributed by atoms with Crippen molar-refractivity contribution >= 4 is 29.6 Å². The average Bonchev–Trinajstić information content (AvgIpc) is 3.22. The summed E-state index contributed by atoms with van der Waals surface area (Å²) < 4.78 is 0. The summed E-state index contributed by atoms with van der Waals surface area (Å²) in [5.41, 5.74) is 1.53. The molecule has 1 fully saturated rings. The Bertz CT molecular complexity index is 1110. The van der Waals surface area contributed by atoms with Crippen LogP contribution in [-0.4, -0.2) is 35.3 Å². The van der Waals surface area contributed by atoms with Crippen LogP contribution in [-0.2, 0) is 15.0 Å². The summed E-state index contributed by atoms with van der Waals surface area (Å²) in [7, 11) is 0. The molecule has 1 saturated heterocycles. The van der Waals surface area contributed by atoms with Crippen LogP contribution in [0, 0.1) is 5.41 Å². The Morgan fingerprint density at radius 1 is 1.13 bits per heavy atom. The van der Waals surface area contributed by atoms with Gasteiger partial charge in [-0.1, -0.05) is 50.3 Å². The van der Waals surface area contributed by atoms with Gasteiger partial charge in [0.05, 0.1) is 11.3 Å². The van der Waals surface area contributed by atoms with Gasteiger partial charge in [0.2, 0.25) is 12.3 Å². The molecule has 3 aliphatic rings. The molecule has 30 heavy (non-hydrogen) atoms. The maximum Gasteiger partial charge on any atom is 0.258 e. The molecule has 0 bridgehead atoms. The second-order valence-electron chi connectivity index (χ2n) is 8.77. The van der Waals surface area contributed by atoms with Crippen LogP contribution in [0.25, 0.3) is 0 Å². The summed E-state index contributed by atoms with van der Waals surface area (Å²) in [5.74, 6) is -0.481. The number of carbonyl (C=O) groups is 3. The van der Waals surface area contributed by atoms with E-state index < -0.39 is 23.0 Å². The summed E-state index contributed by atoms with van der Waals surface area (Å²) in [6.07, 6.45) is 2.43. The van der Waals surface area contributed by atoms with Gasteiger partial charge >= 0.3 is 0 Å². The summed E-state index contributed by atoms with van der Waals surface area (Å²) in [6, 6.07) is 14.0. The molecule has 152 valence electrons. The standard InChI is InChI=1S/C24H23N3O3/c1-4-23(2,3)24-13-19-20(29)25-17-11-7-5-9-15(17)21(30)27(19)22(24)26(14-28)18-12-8-6-10-16(18)24/h4-12,14,19,22H,1,13H2,2-3H3,(H,25,29)/t19-,22+,24-/m0/s1. The van der Waals surface area contributed by atoms with Crippen molar-refractivity contribution in [1.82, 2.24) is 4.90 Å². The van der Waals surface area contributed by atoms with E-state index in [2.05, 4.69) is 25.7 Å². The lowest BCUT2D eigenvalue weighted by Crippen LogP contribution is -2.57. The normalized spacial score (nSPS) is 26.9. The number of hydrogen-bond donors (Lipinski definition) is 1. The Hall–Kier alpha value is -3.41. The quantitative estimate of drug-likeness (QED) is 0.634. The number of nitrogens with one attached hydrogen (secondary N) is 1. The zero-order valence-electron chi connectivity index (χ0n) is 17.0. The van der Waals surface area contributed by atoms with Crippen LogP contribution in [0.3, 0.4) is 0 Å². The SMILES string of the molecule is C=CC(C)(C)[C@]12C[C@H]3C(=O)Nc4ccccc4C(=O)N3[C@H]1N(C=O)c1ccccc12. The number of benzene rings is 2. The average molecular weight is 401 g/mol. The van der Waals surface area contributed by atoms with Crippen LogP contribution in [0.4, 0.5) is 11.4 Å². The van der Waals surface area contributed by atoms with E-state index in [1.807, 2.05) is 30.3 Å². The van der Waals surface area contributed by atoms with Crippen molar-refractivity contribution in [2.45, 2.75) is 37.9 Å². The smallest absolute Gasteiger partial charge is 0.258 e. The molecule has 2 aromatic rings. The largest absolute Gasteiger partial charge is 0.324 e. The van der Waals surface area contributed by atoms with Crippen molar-refractivity contribution in [3.63, 3.8) is 0 Å². The molecule has 0 aliphatic carbocycles. The van der Waals surface area contributed by atoms with E-state index in [9.17, 15) is 14.4 Å². The van der Waals surface area contributed by atoms with Crippen molar-refractivity contribution in [1.29, 1.82) is 0 Å². The lowest BCUT2D eigenvalue weighted by atomic mass is 9.60. The van der Waals surface area contributed by atoms with E-state index in [0.29, 0.717) is 17.7 Å². The van der Waals surface area contributed by atoms with Crippen LogP contribution in [0.2, 0.25) is 0 Å². The van der Waals surface area contributed by atoms with Crippen molar-refractivity contribution in [2.75, 3.05) is 10.2 Å². The molecule has 0 radical (unpaired) electrons. The maximum atomic E-state index is 13.7. The van der Waals surface area contributed by atoms with E-state index in [-0.39, 0.29) is 11.8 Å². The van der Waals surface area contributed by atoms with E-state index in [1.165, 1.54) is 0 Å². The number of amides is 3. The fourth-order valence-corrected chi connectivity index (χ4v) is 5.59. The highest BCUT2D eigenvalue weighted by Gasteiger charge is 2.68. The van der Waals surface area contributed by atoms with E-state index in [1.54, 1.807) is 34.1 Å². The minimum Gasteiger partial charge on any atom is -0.324 e. The predicted octanol–water partition coefficient (Wildman–Crippen LogP) is 3.31. The molecule has 6 heteroatoms. The summed E-state index contributed by atoms with van der Waals surface area (Å²) in [5, 5.41) is 2.92. The number of para-hydroxylation sites is 2. The van der Waals surface area contributed by atoms with Gasteiger partial charge in [-0.15, -0.1) is 6.58 Å². The summed E-state index contributed by atoms with van der Waals surface area (Å²) >= 11 is 0. The van der Waals surface area contributed by atoms with Crippen LogP contribution < -0.4 is 10.2 Å². The highest BCUT2D eigenvalue weighted by atomic mass is 16.2. The second kappa shape index (κ2) is 6.05. The molecule has 3 aliphatic heterocycles. The first-order valence-corrected chi connectivity index (χ1v) is 10.1. The number of rotatable bonds is 3. The lowest BCUT2D eigenvalue weighted by Gasteiger charge is -2.44. The third kappa shape index (κ3) is 2.06. The third-order valence-corrected chi connectivity index (χ3v) is 7.21. The third-order valence-electron chi connectivity index (χ3n) is 7.21. The second-order valence-corrected chi connectivity index (χ2v) is 8.77. The Morgan fingerprint density at radius 2 is 1.83 bits per heavy atom. The number of carbonyl (C=O) groups excluding carboxylic acids is 3. The van der Waals surface area contributed by atoms with Gasteiger partial charge < -0.3 is 10.2 Å². The first-order valence-electron chi connectivity index (χ1n) is 10.1. The van der Waals surface area contributed by atoms with Crippen molar-refractivity contribution in [3.05, 3.63) is 72.3 Å². The molecular formula is C24H23N3O3. The zero-order chi connectivity index (χ0) is 21.3. The van der Waals surface area contributed by atoms with Gasteiger partial charge in [-0.3, -0.25) is 19.3 Å². The maximum absolute atomic E-state index is 13.7. The fraction of sp³-hybridized carbons (Fsp3) is 0.292. The number of allylic oxidation sites excluding steroid dienone is 1. The molecule has 3 atom stereocenters. The van der Waals surface area contributed by atoms with Gasteiger partial charge in [0, 0.05) is 11.1 Å². The molecule has 6 nitrogen and oxygen atoms in total. The number of hydrogen-bond acceptors (Lipinski definition) is 3. The van der Waals surface area contributed by atoms with Gasteiger partial charge in [-0.05, 0) is 35.6 Å². The Morgan fingerprint density at radius 3 is 2.57 bits per heavy atom. The number of fused-ring (bicyclic) bond motifs is 6. The van der Waals surface area contributed by atoms with Crippen LogP contribution in [0.15, 0.2) is 61.2 Å². The minimum atomic E-state index is -0.690. The molecule has 0 aromatic heterocycles. The van der Waals surface area contributed by atoms with Gasteiger partial charge in [0.15, 0.2) is 0 Å². The van der Waals surface area contributed by atoms with Gasteiger partial charge in [0.1, 0.15) is 12.2 Å². The Labute approximate surface area is 175 Å². The summed E-state index contributed by atoms with van der Waals surface area (Å²) in [6.45, 7) is 8.17. The Kier molecular flexibility index (Phi) is 3.75. The van der Waals surface area contributed by atoms with Gasteiger partial charge in [-0.2, -0.15) is 0 Å². The zero-order valence-corrected chi connectivity index (χ0v) is 17.0. The van der Waals surface area contributed by atoms with Crippen molar-refractivity contribution < 1.29 is 14.4 Å². The van der Waals surface area contributed by atoms with E-state index in [4.69, 9.17) is 0 Å². The molecular weight excluding hydrogens is 378 g/mol. The molecule has 1 N–H and O–H groups in total. The van der Waals surface area contributed by atoms with Crippen molar-refractivity contribution in [2.24, 2.45) is 5.41 Å². The molecule has 0 unspecified atom stereocenters. The summed E-state index contributed by atoms with van der Waals surface area (Å²) in [4.78, 5) is 42.6. The molecule has 0 saturated carbocycles. The van der Waals surface area contributed by atoms with Crippen LogP contribution in [0.1, 0.15) is 36.2 Å².